The zero-order chi connectivity index (χ0) is 16.2. The van der Waals surface area contributed by atoms with Crippen molar-refractivity contribution in [1.29, 1.82) is 0 Å². The molecule has 0 aliphatic rings. The molecular formula is C14H16FNO5S. The predicted molar refractivity (Wildman–Crippen MR) is 76.4 cm³/mol. The predicted octanol–water partition coefficient (Wildman–Crippen LogP) is 1.83. The van der Waals surface area contributed by atoms with Gasteiger partial charge in [-0.15, -0.1) is 0 Å². The smallest absolute Gasteiger partial charge is 0.240 e. The number of benzene rings is 1. The number of sulfonamides is 1. The zero-order valence-electron chi connectivity index (χ0n) is 11.8. The highest BCUT2D eigenvalue weighted by molar-refractivity contribution is 7.89. The maximum absolute atomic E-state index is 13.5. The minimum Gasteiger partial charge on any atom is -0.494 e. The Hall–Kier alpha value is -1.90. The zero-order valence-corrected chi connectivity index (χ0v) is 12.6. The van der Waals surface area contributed by atoms with Gasteiger partial charge in [-0.05, 0) is 30.7 Å². The lowest BCUT2D eigenvalue weighted by Gasteiger charge is -2.11. The third-order valence-electron chi connectivity index (χ3n) is 3.07. The molecule has 1 aromatic carbocycles. The van der Waals surface area contributed by atoms with Crippen LogP contribution in [0.3, 0.4) is 0 Å². The molecule has 1 heterocycles. The lowest BCUT2D eigenvalue weighted by molar-refractivity contribution is 0.168. The molecule has 6 nitrogen and oxygen atoms in total. The number of furan rings is 1. The molecule has 1 atom stereocenters. The van der Waals surface area contributed by atoms with E-state index in [0.717, 1.165) is 6.07 Å². The molecule has 0 radical (unpaired) electrons. The fourth-order valence-electron chi connectivity index (χ4n) is 1.86. The summed E-state index contributed by atoms with van der Waals surface area (Å²) >= 11 is 0. The monoisotopic (exact) mass is 329 g/mol. The summed E-state index contributed by atoms with van der Waals surface area (Å²) in [6.45, 7) is 0.00231. The first-order valence-corrected chi connectivity index (χ1v) is 7.95. The highest BCUT2D eigenvalue weighted by atomic mass is 32.2. The summed E-state index contributed by atoms with van der Waals surface area (Å²) in [5.74, 6) is -0.793. The van der Waals surface area contributed by atoms with Gasteiger partial charge < -0.3 is 14.3 Å². The van der Waals surface area contributed by atoms with E-state index in [1.54, 1.807) is 6.07 Å². The van der Waals surface area contributed by atoms with E-state index in [0.29, 0.717) is 5.56 Å². The Bertz CT molecular complexity index is 715. The molecule has 0 bridgehead atoms. The van der Waals surface area contributed by atoms with Crippen LogP contribution in [-0.2, 0) is 10.0 Å². The molecule has 0 fully saturated rings. The van der Waals surface area contributed by atoms with E-state index >= 15 is 0 Å². The molecule has 8 heteroatoms. The fraction of sp³-hybridized carbons (Fsp3) is 0.286. The normalized spacial score (nSPS) is 13.0. The van der Waals surface area contributed by atoms with Gasteiger partial charge in [0.1, 0.15) is 0 Å². The Balaban J connectivity index is 1.98. The van der Waals surface area contributed by atoms with Crippen LogP contribution < -0.4 is 9.46 Å². The van der Waals surface area contributed by atoms with Crippen molar-refractivity contribution in [3.05, 3.63) is 48.2 Å². The number of methoxy groups -OCH3 is 1. The van der Waals surface area contributed by atoms with Crippen LogP contribution in [0.5, 0.6) is 5.75 Å². The molecule has 1 unspecified atom stereocenters. The van der Waals surface area contributed by atoms with Gasteiger partial charge in [0, 0.05) is 12.1 Å². The van der Waals surface area contributed by atoms with E-state index in [1.807, 2.05) is 0 Å². The SMILES string of the molecule is COc1ccc(S(=O)(=O)NCCC(O)c2ccoc2)cc1F. The van der Waals surface area contributed by atoms with Crippen molar-refractivity contribution in [2.75, 3.05) is 13.7 Å². The number of aliphatic hydroxyl groups is 1. The van der Waals surface area contributed by atoms with E-state index in [9.17, 15) is 17.9 Å². The third-order valence-corrected chi connectivity index (χ3v) is 4.53. The van der Waals surface area contributed by atoms with Gasteiger partial charge in [-0.3, -0.25) is 0 Å². The van der Waals surface area contributed by atoms with E-state index < -0.39 is 21.9 Å². The standard InChI is InChI=1S/C14H16FNO5S/c1-20-14-3-2-11(8-12(14)15)22(18,19)16-6-4-13(17)10-5-7-21-9-10/h2-3,5,7-9,13,16-17H,4,6H2,1H3. The Morgan fingerprint density at radius 3 is 2.77 bits per heavy atom. The molecule has 0 amide bonds. The van der Waals surface area contributed by atoms with Crippen molar-refractivity contribution < 1.29 is 27.1 Å². The van der Waals surface area contributed by atoms with Crippen LogP contribution in [0.25, 0.3) is 0 Å². The molecule has 0 aliphatic heterocycles. The second-order valence-corrected chi connectivity index (χ2v) is 6.32. The Kier molecular flexibility index (Phi) is 5.17. The topological polar surface area (TPSA) is 88.8 Å². The van der Waals surface area contributed by atoms with Crippen LogP contribution >= 0.6 is 0 Å². The van der Waals surface area contributed by atoms with Crippen molar-refractivity contribution >= 4 is 10.0 Å². The van der Waals surface area contributed by atoms with Crippen molar-refractivity contribution in [2.45, 2.75) is 17.4 Å². The average molecular weight is 329 g/mol. The first-order valence-electron chi connectivity index (χ1n) is 6.47. The van der Waals surface area contributed by atoms with Crippen LogP contribution in [0.4, 0.5) is 4.39 Å². The number of ether oxygens (including phenoxy) is 1. The first-order chi connectivity index (χ1) is 10.4. The molecule has 2 rings (SSSR count). The van der Waals surface area contributed by atoms with Crippen molar-refractivity contribution in [3.63, 3.8) is 0 Å². The minimum absolute atomic E-state index is 0.00231. The summed E-state index contributed by atoms with van der Waals surface area (Å²) < 4.78 is 49.5. The third kappa shape index (κ3) is 3.85. The fourth-order valence-corrected chi connectivity index (χ4v) is 2.92. The first kappa shape index (κ1) is 16.5. The molecule has 2 N–H and O–H groups in total. The molecule has 22 heavy (non-hydrogen) atoms. The largest absolute Gasteiger partial charge is 0.494 e. The maximum atomic E-state index is 13.5. The van der Waals surface area contributed by atoms with Crippen LogP contribution in [0.1, 0.15) is 18.1 Å². The van der Waals surface area contributed by atoms with Gasteiger partial charge in [0.05, 0.1) is 30.6 Å². The molecule has 0 aliphatic carbocycles. The molecular weight excluding hydrogens is 313 g/mol. The molecule has 2 aromatic rings. The van der Waals surface area contributed by atoms with Crippen LogP contribution in [0.2, 0.25) is 0 Å². The van der Waals surface area contributed by atoms with E-state index in [-0.39, 0.29) is 23.6 Å². The van der Waals surface area contributed by atoms with Gasteiger partial charge in [0.2, 0.25) is 10.0 Å². The van der Waals surface area contributed by atoms with Gasteiger partial charge >= 0.3 is 0 Å². The number of nitrogens with one attached hydrogen (secondary N) is 1. The van der Waals surface area contributed by atoms with E-state index in [2.05, 4.69) is 4.72 Å². The Labute approximate surface area is 127 Å². The lowest BCUT2D eigenvalue weighted by atomic mass is 10.1. The van der Waals surface area contributed by atoms with Crippen LogP contribution in [0, 0.1) is 5.82 Å². The summed E-state index contributed by atoms with van der Waals surface area (Å²) in [4.78, 5) is -0.205. The van der Waals surface area contributed by atoms with Crippen molar-refractivity contribution in [3.8, 4) is 5.75 Å². The van der Waals surface area contributed by atoms with Crippen molar-refractivity contribution in [2.24, 2.45) is 0 Å². The summed E-state index contributed by atoms with van der Waals surface area (Å²) in [6, 6.07) is 4.96. The Morgan fingerprint density at radius 1 is 1.41 bits per heavy atom. The van der Waals surface area contributed by atoms with Gasteiger partial charge in [0.15, 0.2) is 11.6 Å². The second kappa shape index (κ2) is 6.91. The minimum atomic E-state index is -3.85. The Morgan fingerprint density at radius 2 is 2.18 bits per heavy atom. The molecule has 120 valence electrons. The number of halogens is 1. The highest BCUT2D eigenvalue weighted by Gasteiger charge is 2.17. The molecule has 0 saturated carbocycles. The average Bonchev–Trinajstić information content (AvgIpc) is 3.01. The summed E-state index contributed by atoms with van der Waals surface area (Å²) in [5, 5.41) is 9.82. The quantitative estimate of drug-likeness (QED) is 0.809. The van der Waals surface area contributed by atoms with Gasteiger partial charge in [-0.1, -0.05) is 0 Å². The van der Waals surface area contributed by atoms with E-state index in [1.165, 1.54) is 31.8 Å². The van der Waals surface area contributed by atoms with Gasteiger partial charge in [-0.2, -0.15) is 0 Å². The van der Waals surface area contributed by atoms with E-state index in [4.69, 9.17) is 9.15 Å². The highest BCUT2D eigenvalue weighted by Crippen LogP contribution is 2.21. The number of hydrogen-bond acceptors (Lipinski definition) is 5. The lowest BCUT2D eigenvalue weighted by Crippen LogP contribution is -2.26. The maximum Gasteiger partial charge on any atom is 0.240 e. The number of aliphatic hydroxyl groups excluding tert-OH is 1. The molecule has 1 aromatic heterocycles. The summed E-state index contributed by atoms with van der Waals surface area (Å²) in [7, 11) is -2.56. The van der Waals surface area contributed by atoms with Gasteiger partial charge in [0.25, 0.3) is 0 Å². The molecule has 0 saturated heterocycles. The second-order valence-electron chi connectivity index (χ2n) is 4.56. The summed E-state index contributed by atoms with van der Waals surface area (Å²) in [5.41, 5.74) is 0.565. The molecule has 0 spiro atoms. The van der Waals surface area contributed by atoms with Crippen LogP contribution in [0.15, 0.2) is 46.1 Å². The number of rotatable bonds is 7. The van der Waals surface area contributed by atoms with Crippen LogP contribution in [-0.4, -0.2) is 27.2 Å². The van der Waals surface area contributed by atoms with Crippen molar-refractivity contribution in [1.82, 2.24) is 4.72 Å². The number of hydrogen-bond donors (Lipinski definition) is 2. The summed E-state index contributed by atoms with van der Waals surface area (Å²) in [6.07, 6.45) is 2.13. The van der Waals surface area contributed by atoms with Gasteiger partial charge in [-0.25, -0.2) is 17.5 Å².